The van der Waals surface area contributed by atoms with Crippen LogP contribution in [0.3, 0.4) is 0 Å². The van der Waals surface area contributed by atoms with Gasteiger partial charge >= 0.3 is 6.03 Å². The first kappa shape index (κ1) is 16.6. The van der Waals surface area contributed by atoms with Crippen molar-refractivity contribution in [2.45, 2.75) is 6.54 Å². The molecule has 0 unspecified atom stereocenters. The SMILES string of the molecule is COc1ccccc1CNC(=O)NCCOc1ccc(F)cc1. The fourth-order valence-corrected chi connectivity index (χ4v) is 1.95. The van der Waals surface area contributed by atoms with Crippen LogP contribution in [0.4, 0.5) is 9.18 Å². The zero-order valence-electron chi connectivity index (χ0n) is 12.8. The van der Waals surface area contributed by atoms with Gasteiger partial charge in [0, 0.05) is 12.1 Å². The molecule has 0 atom stereocenters. The summed E-state index contributed by atoms with van der Waals surface area (Å²) in [7, 11) is 1.59. The molecule has 0 saturated heterocycles. The van der Waals surface area contributed by atoms with E-state index in [1.807, 2.05) is 24.3 Å². The van der Waals surface area contributed by atoms with Gasteiger partial charge in [-0.05, 0) is 30.3 Å². The maximum atomic E-state index is 12.7. The largest absolute Gasteiger partial charge is 0.496 e. The minimum atomic E-state index is -0.314. The van der Waals surface area contributed by atoms with Gasteiger partial charge in [-0.1, -0.05) is 18.2 Å². The minimum Gasteiger partial charge on any atom is -0.496 e. The van der Waals surface area contributed by atoms with Gasteiger partial charge < -0.3 is 20.1 Å². The molecule has 0 aliphatic carbocycles. The molecule has 0 spiro atoms. The van der Waals surface area contributed by atoms with Crippen molar-refractivity contribution < 1.29 is 18.7 Å². The number of hydrogen-bond acceptors (Lipinski definition) is 3. The first-order valence-electron chi connectivity index (χ1n) is 7.21. The lowest BCUT2D eigenvalue weighted by Gasteiger charge is -2.11. The Kier molecular flexibility index (Phi) is 6.23. The van der Waals surface area contributed by atoms with Crippen molar-refractivity contribution in [3.8, 4) is 11.5 Å². The molecule has 23 heavy (non-hydrogen) atoms. The van der Waals surface area contributed by atoms with Crippen molar-refractivity contribution in [3.63, 3.8) is 0 Å². The first-order valence-corrected chi connectivity index (χ1v) is 7.21. The van der Waals surface area contributed by atoms with Crippen molar-refractivity contribution >= 4 is 6.03 Å². The molecular formula is C17H19FN2O3. The van der Waals surface area contributed by atoms with Crippen LogP contribution in [0, 0.1) is 5.82 Å². The van der Waals surface area contributed by atoms with Gasteiger partial charge in [-0.2, -0.15) is 0 Å². The Morgan fingerprint density at radius 1 is 1.09 bits per heavy atom. The molecule has 2 aromatic carbocycles. The summed E-state index contributed by atoms with van der Waals surface area (Å²) < 4.78 is 23.3. The number of rotatable bonds is 7. The van der Waals surface area contributed by atoms with Crippen LogP contribution in [0.5, 0.6) is 11.5 Å². The molecule has 2 aromatic rings. The third kappa shape index (κ3) is 5.50. The third-order valence-corrected chi connectivity index (χ3v) is 3.10. The predicted molar refractivity (Wildman–Crippen MR) is 85.1 cm³/mol. The van der Waals surface area contributed by atoms with E-state index in [0.717, 1.165) is 11.3 Å². The summed E-state index contributed by atoms with van der Waals surface area (Å²) in [5, 5.41) is 5.43. The molecule has 5 nitrogen and oxygen atoms in total. The van der Waals surface area contributed by atoms with Crippen molar-refractivity contribution in [1.29, 1.82) is 0 Å². The molecule has 0 aliphatic rings. The Hall–Kier alpha value is -2.76. The Bertz CT molecular complexity index is 632. The van der Waals surface area contributed by atoms with Crippen LogP contribution in [0.2, 0.25) is 0 Å². The average molecular weight is 318 g/mol. The lowest BCUT2D eigenvalue weighted by Crippen LogP contribution is -2.37. The topological polar surface area (TPSA) is 59.6 Å². The van der Waals surface area contributed by atoms with E-state index in [-0.39, 0.29) is 11.8 Å². The second-order valence-corrected chi connectivity index (χ2v) is 4.72. The highest BCUT2D eigenvalue weighted by molar-refractivity contribution is 5.73. The number of carbonyl (C=O) groups excluding carboxylic acids is 1. The van der Waals surface area contributed by atoms with E-state index in [9.17, 15) is 9.18 Å². The number of para-hydroxylation sites is 1. The molecule has 0 heterocycles. The zero-order valence-corrected chi connectivity index (χ0v) is 12.8. The van der Waals surface area contributed by atoms with E-state index in [4.69, 9.17) is 9.47 Å². The van der Waals surface area contributed by atoms with Crippen LogP contribution in [-0.2, 0) is 6.54 Å². The monoisotopic (exact) mass is 318 g/mol. The quantitative estimate of drug-likeness (QED) is 0.772. The number of urea groups is 1. The molecule has 6 heteroatoms. The maximum absolute atomic E-state index is 12.7. The smallest absolute Gasteiger partial charge is 0.315 e. The summed E-state index contributed by atoms with van der Waals surface area (Å²) in [5.74, 6) is 0.973. The van der Waals surface area contributed by atoms with Crippen LogP contribution in [0.15, 0.2) is 48.5 Å². The molecule has 122 valence electrons. The number of hydrogen-bond donors (Lipinski definition) is 2. The van der Waals surface area contributed by atoms with Gasteiger partial charge in [0.2, 0.25) is 0 Å². The summed E-state index contributed by atoms with van der Waals surface area (Å²) in [6.07, 6.45) is 0. The standard InChI is InChI=1S/C17H19FN2O3/c1-22-16-5-3-2-4-13(16)12-20-17(21)19-10-11-23-15-8-6-14(18)7-9-15/h2-9H,10-12H2,1H3,(H2,19,20,21). The van der Waals surface area contributed by atoms with E-state index >= 15 is 0 Å². The minimum absolute atomic E-state index is 0.293. The molecule has 0 bridgehead atoms. The second-order valence-electron chi connectivity index (χ2n) is 4.72. The van der Waals surface area contributed by atoms with Crippen LogP contribution in [-0.4, -0.2) is 26.3 Å². The average Bonchev–Trinajstić information content (AvgIpc) is 2.58. The fraction of sp³-hybridized carbons (Fsp3) is 0.235. The molecule has 0 radical (unpaired) electrons. The number of halogens is 1. The Balaban J connectivity index is 1.66. The number of carbonyl (C=O) groups is 1. The van der Waals surface area contributed by atoms with E-state index in [1.165, 1.54) is 24.3 Å². The van der Waals surface area contributed by atoms with Crippen LogP contribution in [0.25, 0.3) is 0 Å². The Morgan fingerprint density at radius 2 is 1.83 bits per heavy atom. The van der Waals surface area contributed by atoms with E-state index < -0.39 is 0 Å². The normalized spacial score (nSPS) is 10.0. The van der Waals surface area contributed by atoms with Crippen molar-refractivity contribution in [3.05, 3.63) is 59.9 Å². The molecular weight excluding hydrogens is 299 g/mol. The van der Waals surface area contributed by atoms with E-state index in [2.05, 4.69) is 10.6 Å². The lowest BCUT2D eigenvalue weighted by atomic mass is 10.2. The van der Waals surface area contributed by atoms with E-state index in [0.29, 0.717) is 25.4 Å². The summed E-state index contributed by atoms with van der Waals surface area (Å²) in [4.78, 5) is 11.7. The van der Waals surface area contributed by atoms with Crippen molar-refractivity contribution in [2.24, 2.45) is 0 Å². The van der Waals surface area contributed by atoms with Gasteiger partial charge in [0.25, 0.3) is 0 Å². The second kappa shape index (κ2) is 8.63. The molecule has 2 rings (SSSR count). The van der Waals surface area contributed by atoms with E-state index in [1.54, 1.807) is 7.11 Å². The molecule has 0 aliphatic heterocycles. The summed E-state index contributed by atoms with van der Waals surface area (Å²) in [6, 6.07) is 12.9. The molecule has 0 fully saturated rings. The van der Waals surface area contributed by atoms with Gasteiger partial charge in [-0.15, -0.1) is 0 Å². The Labute approximate surface area is 134 Å². The molecule has 2 amide bonds. The van der Waals surface area contributed by atoms with Gasteiger partial charge in [-0.3, -0.25) is 0 Å². The Morgan fingerprint density at radius 3 is 2.57 bits per heavy atom. The van der Waals surface area contributed by atoms with Crippen molar-refractivity contribution in [1.82, 2.24) is 10.6 Å². The van der Waals surface area contributed by atoms with Crippen LogP contribution >= 0.6 is 0 Å². The summed E-state index contributed by atoms with van der Waals surface area (Å²) in [5.41, 5.74) is 0.896. The number of ether oxygens (including phenoxy) is 2. The lowest BCUT2D eigenvalue weighted by molar-refractivity contribution is 0.236. The van der Waals surface area contributed by atoms with Gasteiger partial charge in [0.05, 0.1) is 13.7 Å². The molecule has 2 N–H and O–H groups in total. The number of nitrogens with one attached hydrogen (secondary N) is 2. The first-order chi connectivity index (χ1) is 11.2. The van der Waals surface area contributed by atoms with Gasteiger partial charge in [0.1, 0.15) is 23.9 Å². The highest BCUT2D eigenvalue weighted by Crippen LogP contribution is 2.16. The van der Waals surface area contributed by atoms with Crippen LogP contribution in [0.1, 0.15) is 5.56 Å². The fourth-order valence-electron chi connectivity index (χ4n) is 1.95. The van der Waals surface area contributed by atoms with Gasteiger partial charge in [0.15, 0.2) is 0 Å². The molecule has 0 aromatic heterocycles. The summed E-state index contributed by atoms with van der Waals surface area (Å²) >= 11 is 0. The predicted octanol–water partition coefficient (Wildman–Crippen LogP) is 2.71. The third-order valence-electron chi connectivity index (χ3n) is 3.10. The number of amides is 2. The number of benzene rings is 2. The number of methoxy groups -OCH3 is 1. The molecule has 0 saturated carbocycles. The van der Waals surface area contributed by atoms with Gasteiger partial charge in [-0.25, -0.2) is 9.18 Å². The summed E-state index contributed by atoms with van der Waals surface area (Å²) in [6.45, 7) is 1.01. The van der Waals surface area contributed by atoms with Crippen molar-refractivity contribution in [2.75, 3.05) is 20.3 Å². The highest BCUT2D eigenvalue weighted by atomic mass is 19.1. The zero-order chi connectivity index (χ0) is 16.5. The highest BCUT2D eigenvalue weighted by Gasteiger charge is 2.04. The maximum Gasteiger partial charge on any atom is 0.315 e. The van der Waals surface area contributed by atoms with Crippen LogP contribution < -0.4 is 20.1 Å².